The van der Waals surface area contributed by atoms with E-state index in [0.29, 0.717) is 12.0 Å². The molecule has 0 aromatic carbocycles. The Morgan fingerprint density at radius 3 is 2.71 bits per heavy atom. The van der Waals surface area contributed by atoms with Crippen molar-refractivity contribution in [3.05, 3.63) is 35.3 Å². The second-order valence-electron chi connectivity index (χ2n) is 7.13. The Bertz CT molecular complexity index is 695. The molecule has 6 nitrogen and oxygen atoms in total. The third kappa shape index (κ3) is 3.43. The van der Waals surface area contributed by atoms with E-state index >= 15 is 0 Å². The summed E-state index contributed by atoms with van der Waals surface area (Å²) < 4.78 is 1.90. The van der Waals surface area contributed by atoms with Gasteiger partial charge in [0.1, 0.15) is 0 Å². The number of rotatable bonds is 4. The average molecular weight is 328 g/mol. The van der Waals surface area contributed by atoms with Crippen molar-refractivity contribution in [2.45, 2.75) is 32.7 Å². The molecule has 0 radical (unpaired) electrons. The summed E-state index contributed by atoms with van der Waals surface area (Å²) >= 11 is 0. The molecule has 0 unspecified atom stereocenters. The van der Waals surface area contributed by atoms with Crippen molar-refractivity contribution in [1.82, 2.24) is 24.9 Å². The summed E-state index contributed by atoms with van der Waals surface area (Å²) in [5, 5.41) is 13.0. The molecule has 0 spiro atoms. The molecule has 0 bridgehead atoms. The van der Waals surface area contributed by atoms with E-state index in [2.05, 4.69) is 58.4 Å². The van der Waals surface area contributed by atoms with E-state index in [0.717, 1.165) is 24.6 Å². The molecule has 0 amide bonds. The van der Waals surface area contributed by atoms with Gasteiger partial charge in [0, 0.05) is 38.4 Å². The van der Waals surface area contributed by atoms with E-state index in [9.17, 15) is 0 Å². The van der Waals surface area contributed by atoms with Crippen LogP contribution in [-0.4, -0.2) is 52.1 Å². The first kappa shape index (κ1) is 16.9. The molecule has 0 aliphatic carbocycles. The lowest BCUT2D eigenvalue weighted by atomic mass is 9.86. The van der Waals surface area contributed by atoms with Crippen molar-refractivity contribution in [2.75, 3.05) is 32.1 Å². The van der Waals surface area contributed by atoms with Crippen LogP contribution in [0.1, 0.15) is 35.7 Å². The molecule has 2 aromatic heterocycles. The highest BCUT2D eigenvalue weighted by Crippen LogP contribution is 2.35. The Hall–Kier alpha value is -1.95. The molecule has 1 aliphatic heterocycles. The fourth-order valence-corrected chi connectivity index (χ4v) is 3.73. The lowest BCUT2D eigenvalue weighted by Crippen LogP contribution is -2.41. The predicted octanol–water partition coefficient (Wildman–Crippen LogP) is 2.35. The van der Waals surface area contributed by atoms with Crippen molar-refractivity contribution in [2.24, 2.45) is 13.0 Å². The minimum Gasteiger partial charge on any atom is -0.358 e. The number of aromatic nitrogens is 4. The number of nitrogens with zero attached hydrogens (tertiary/aromatic N) is 6. The Morgan fingerprint density at radius 1 is 1.25 bits per heavy atom. The maximum absolute atomic E-state index is 4.37. The Labute approximate surface area is 144 Å². The zero-order valence-corrected chi connectivity index (χ0v) is 15.4. The van der Waals surface area contributed by atoms with Gasteiger partial charge in [-0.25, -0.2) is 0 Å². The van der Waals surface area contributed by atoms with Crippen LogP contribution < -0.4 is 4.90 Å². The summed E-state index contributed by atoms with van der Waals surface area (Å²) in [6, 6.07) is 2.54. The summed E-state index contributed by atoms with van der Waals surface area (Å²) in [5.74, 6) is 1.51. The SMILES string of the molecule is Cc1cc(N(C)C[C@@H]2CCCN(C)[C@H]2c2cnn(C)c2)nnc1C. The van der Waals surface area contributed by atoms with E-state index in [-0.39, 0.29) is 0 Å². The quantitative estimate of drug-likeness (QED) is 0.862. The smallest absolute Gasteiger partial charge is 0.151 e. The summed E-state index contributed by atoms with van der Waals surface area (Å²) in [6.45, 7) is 6.21. The van der Waals surface area contributed by atoms with Crippen LogP contribution in [0.5, 0.6) is 0 Å². The zero-order valence-electron chi connectivity index (χ0n) is 15.4. The van der Waals surface area contributed by atoms with Gasteiger partial charge in [-0.15, -0.1) is 5.10 Å². The van der Waals surface area contributed by atoms with Gasteiger partial charge in [-0.2, -0.15) is 10.2 Å². The van der Waals surface area contributed by atoms with E-state index in [4.69, 9.17) is 0 Å². The van der Waals surface area contributed by atoms with Crippen LogP contribution in [0.4, 0.5) is 5.82 Å². The third-order valence-corrected chi connectivity index (χ3v) is 5.19. The minimum absolute atomic E-state index is 0.411. The molecule has 1 saturated heterocycles. The first-order valence-corrected chi connectivity index (χ1v) is 8.66. The number of aryl methyl sites for hydroxylation is 3. The highest BCUT2D eigenvalue weighted by molar-refractivity contribution is 5.40. The first-order chi connectivity index (χ1) is 11.5. The van der Waals surface area contributed by atoms with Crippen molar-refractivity contribution in [3.8, 4) is 0 Å². The summed E-state index contributed by atoms with van der Waals surface area (Å²) in [7, 11) is 6.32. The van der Waals surface area contributed by atoms with E-state index in [1.54, 1.807) is 0 Å². The molecule has 2 atom stereocenters. The maximum atomic E-state index is 4.37. The molecule has 1 aliphatic rings. The Kier molecular flexibility index (Phi) is 4.85. The van der Waals surface area contributed by atoms with Crippen molar-refractivity contribution >= 4 is 5.82 Å². The third-order valence-electron chi connectivity index (χ3n) is 5.19. The molecular weight excluding hydrogens is 300 g/mol. The number of piperidine rings is 1. The Balaban J connectivity index is 1.79. The van der Waals surface area contributed by atoms with Gasteiger partial charge in [0.15, 0.2) is 5.82 Å². The fraction of sp³-hybridized carbons (Fsp3) is 0.611. The summed E-state index contributed by atoms with van der Waals surface area (Å²) in [4.78, 5) is 4.71. The number of hydrogen-bond donors (Lipinski definition) is 0. The average Bonchev–Trinajstić information content (AvgIpc) is 2.96. The van der Waals surface area contributed by atoms with Crippen molar-refractivity contribution in [1.29, 1.82) is 0 Å². The van der Waals surface area contributed by atoms with Crippen LogP contribution in [0.3, 0.4) is 0 Å². The standard InChI is InChI=1S/C18H28N6/c1-13-9-17(21-20-14(13)2)23(4)11-15-7-6-8-22(3)18(15)16-10-19-24(5)12-16/h9-10,12,15,18H,6-8,11H2,1-5H3/t15-,18+/m0/s1. The van der Waals surface area contributed by atoms with Gasteiger partial charge in [-0.1, -0.05) is 0 Å². The largest absolute Gasteiger partial charge is 0.358 e. The molecule has 0 saturated carbocycles. The van der Waals surface area contributed by atoms with Crippen LogP contribution in [0, 0.1) is 19.8 Å². The van der Waals surface area contributed by atoms with Gasteiger partial charge in [0.05, 0.1) is 11.9 Å². The topological polar surface area (TPSA) is 50.1 Å². The monoisotopic (exact) mass is 328 g/mol. The van der Waals surface area contributed by atoms with E-state index in [1.807, 2.05) is 24.9 Å². The molecule has 6 heteroatoms. The Morgan fingerprint density at radius 2 is 2.04 bits per heavy atom. The van der Waals surface area contributed by atoms with Gasteiger partial charge in [0.2, 0.25) is 0 Å². The number of anilines is 1. The maximum Gasteiger partial charge on any atom is 0.151 e. The van der Waals surface area contributed by atoms with E-state index in [1.165, 1.54) is 24.0 Å². The predicted molar refractivity (Wildman–Crippen MR) is 96.1 cm³/mol. The lowest BCUT2D eigenvalue weighted by Gasteiger charge is -2.40. The molecule has 24 heavy (non-hydrogen) atoms. The van der Waals surface area contributed by atoms with Crippen molar-refractivity contribution in [3.63, 3.8) is 0 Å². The molecule has 130 valence electrons. The fourth-order valence-electron chi connectivity index (χ4n) is 3.73. The highest BCUT2D eigenvalue weighted by atomic mass is 15.3. The van der Waals surface area contributed by atoms with Crippen LogP contribution in [0.15, 0.2) is 18.5 Å². The van der Waals surface area contributed by atoms with Crippen LogP contribution in [-0.2, 0) is 7.05 Å². The molecule has 3 heterocycles. The van der Waals surface area contributed by atoms with Gasteiger partial charge in [0.25, 0.3) is 0 Å². The minimum atomic E-state index is 0.411. The number of likely N-dealkylation sites (tertiary alicyclic amines) is 1. The van der Waals surface area contributed by atoms with Crippen LogP contribution >= 0.6 is 0 Å². The second kappa shape index (κ2) is 6.89. The molecule has 1 fully saturated rings. The normalized spacial score (nSPS) is 21.9. The second-order valence-corrected chi connectivity index (χ2v) is 7.13. The summed E-state index contributed by atoms with van der Waals surface area (Å²) in [6.07, 6.45) is 6.63. The van der Waals surface area contributed by atoms with Gasteiger partial charge in [-0.3, -0.25) is 9.58 Å². The lowest BCUT2D eigenvalue weighted by molar-refractivity contribution is 0.124. The van der Waals surface area contributed by atoms with Crippen LogP contribution in [0.2, 0.25) is 0 Å². The van der Waals surface area contributed by atoms with Crippen LogP contribution in [0.25, 0.3) is 0 Å². The molecule has 0 N–H and O–H groups in total. The van der Waals surface area contributed by atoms with Crippen molar-refractivity contribution < 1.29 is 0 Å². The van der Waals surface area contributed by atoms with Gasteiger partial charge < -0.3 is 4.90 Å². The van der Waals surface area contributed by atoms with E-state index < -0.39 is 0 Å². The molecular formula is C18H28N6. The van der Waals surface area contributed by atoms with Gasteiger partial charge in [-0.05, 0) is 57.8 Å². The first-order valence-electron chi connectivity index (χ1n) is 8.66. The summed E-state index contributed by atoms with van der Waals surface area (Å²) in [5.41, 5.74) is 3.50. The highest BCUT2D eigenvalue weighted by Gasteiger charge is 2.32. The molecule has 3 rings (SSSR count). The molecule has 2 aromatic rings. The van der Waals surface area contributed by atoms with Gasteiger partial charge >= 0.3 is 0 Å². The number of hydrogen-bond acceptors (Lipinski definition) is 5. The zero-order chi connectivity index (χ0) is 17.3.